The van der Waals surface area contributed by atoms with Crippen LogP contribution in [-0.2, 0) is 6.61 Å². The first-order valence-corrected chi connectivity index (χ1v) is 9.75. The highest BCUT2D eigenvalue weighted by molar-refractivity contribution is 7.71. The fourth-order valence-electron chi connectivity index (χ4n) is 3.15. The van der Waals surface area contributed by atoms with Crippen molar-refractivity contribution in [3.8, 4) is 34.2 Å². The molecule has 0 amide bonds. The Hall–Kier alpha value is -3.75. The van der Waals surface area contributed by atoms with Gasteiger partial charge in [0.05, 0.1) is 5.56 Å². The molecule has 1 heterocycles. The van der Waals surface area contributed by atoms with Crippen LogP contribution in [0.15, 0.2) is 84.9 Å². The van der Waals surface area contributed by atoms with Gasteiger partial charge in [-0.2, -0.15) is 5.26 Å². The number of ether oxygens (including phenoxy) is 1. The van der Waals surface area contributed by atoms with Crippen molar-refractivity contribution in [3.05, 3.63) is 107 Å². The van der Waals surface area contributed by atoms with Crippen LogP contribution in [0, 0.1) is 21.8 Å². The smallest absolute Gasteiger partial charge is 0.123 e. The zero-order chi connectivity index (χ0) is 20.9. The lowest BCUT2D eigenvalue weighted by Gasteiger charge is -2.10. The molecule has 5 heteroatoms. The van der Waals surface area contributed by atoms with Gasteiger partial charge in [-0.1, -0.05) is 54.7 Å². The van der Waals surface area contributed by atoms with E-state index in [9.17, 15) is 9.65 Å². The first-order chi connectivity index (χ1) is 14.6. The molecule has 0 unspecified atom stereocenters. The Morgan fingerprint density at radius 2 is 1.60 bits per heavy atom. The number of nitriles is 1. The van der Waals surface area contributed by atoms with E-state index >= 15 is 0 Å². The first-order valence-electron chi connectivity index (χ1n) is 9.34. The van der Waals surface area contributed by atoms with Crippen LogP contribution < -0.4 is 4.74 Å². The Bertz CT molecular complexity index is 1260. The van der Waals surface area contributed by atoms with E-state index in [1.807, 2.05) is 60.7 Å². The largest absolute Gasteiger partial charge is 0.489 e. The zero-order valence-corrected chi connectivity index (χ0v) is 16.7. The Morgan fingerprint density at radius 3 is 2.27 bits per heavy atom. The molecule has 0 aliphatic rings. The summed E-state index contributed by atoms with van der Waals surface area (Å²) in [5.74, 6) is 0.441. The van der Waals surface area contributed by atoms with Crippen molar-refractivity contribution in [1.29, 1.82) is 5.26 Å². The van der Waals surface area contributed by atoms with Crippen molar-refractivity contribution >= 4 is 12.2 Å². The second-order valence-electron chi connectivity index (χ2n) is 6.72. The van der Waals surface area contributed by atoms with Crippen LogP contribution in [0.2, 0.25) is 0 Å². The number of hydrogen-bond acceptors (Lipinski definition) is 3. The van der Waals surface area contributed by atoms with Crippen molar-refractivity contribution in [2.24, 2.45) is 0 Å². The molecule has 4 aromatic rings. The van der Waals surface area contributed by atoms with E-state index in [4.69, 9.17) is 17.0 Å². The fraction of sp³-hybridized carbons (Fsp3) is 0.0400. The second kappa shape index (κ2) is 8.73. The van der Waals surface area contributed by atoms with Gasteiger partial charge in [0.1, 0.15) is 28.9 Å². The molecule has 1 N–H and O–H groups in total. The van der Waals surface area contributed by atoms with E-state index in [2.05, 4.69) is 11.1 Å². The fourth-order valence-corrected chi connectivity index (χ4v) is 3.42. The number of H-pyrrole nitrogens is 1. The summed E-state index contributed by atoms with van der Waals surface area (Å²) >= 11 is 5.43. The maximum absolute atomic E-state index is 13.0. The molecule has 0 radical (unpaired) electrons. The van der Waals surface area contributed by atoms with Gasteiger partial charge in [-0.05, 0) is 59.2 Å². The molecule has 1 aromatic heterocycles. The Kier molecular flexibility index (Phi) is 5.69. The normalized spacial score (nSPS) is 10.4. The summed E-state index contributed by atoms with van der Waals surface area (Å²) in [7, 11) is 0. The van der Waals surface area contributed by atoms with Gasteiger partial charge in [-0.25, -0.2) is 4.39 Å². The van der Waals surface area contributed by atoms with Crippen molar-refractivity contribution in [2.75, 3.05) is 0 Å². The quantitative estimate of drug-likeness (QED) is 0.373. The minimum absolute atomic E-state index is 0.266. The molecule has 0 atom stereocenters. The summed E-state index contributed by atoms with van der Waals surface area (Å²) in [5, 5.41) is 9.55. The minimum Gasteiger partial charge on any atom is -0.489 e. The molecule has 0 fully saturated rings. The number of pyridine rings is 1. The highest BCUT2D eigenvalue weighted by atomic mass is 32.1. The minimum atomic E-state index is -0.266. The number of aromatic amines is 1. The lowest BCUT2D eigenvalue weighted by atomic mass is 9.99. The van der Waals surface area contributed by atoms with Crippen LogP contribution in [0.5, 0.6) is 5.75 Å². The van der Waals surface area contributed by atoms with Crippen LogP contribution >= 0.6 is 12.2 Å². The third-order valence-electron chi connectivity index (χ3n) is 4.71. The Balaban J connectivity index is 1.60. The number of aromatic nitrogens is 1. The van der Waals surface area contributed by atoms with Gasteiger partial charge in [-0.15, -0.1) is 0 Å². The number of nitrogens with one attached hydrogen (secondary N) is 1. The summed E-state index contributed by atoms with van der Waals surface area (Å²) < 4.78 is 19.2. The third kappa shape index (κ3) is 4.29. The highest BCUT2D eigenvalue weighted by Crippen LogP contribution is 2.29. The lowest BCUT2D eigenvalue weighted by Crippen LogP contribution is -1.96. The molecule has 0 spiro atoms. The Labute approximate surface area is 179 Å². The van der Waals surface area contributed by atoms with Crippen LogP contribution in [0.4, 0.5) is 4.39 Å². The lowest BCUT2D eigenvalue weighted by molar-refractivity contribution is 0.306. The summed E-state index contributed by atoms with van der Waals surface area (Å²) in [5.41, 5.74) is 4.84. The molecule has 0 bridgehead atoms. The average molecular weight is 412 g/mol. The topological polar surface area (TPSA) is 48.8 Å². The Morgan fingerprint density at radius 1 is 0.900 bits per heavy atom. The summed E-state index contributed by atoms with van der Waals surface area (Å²) in [4.78, 5) is 3.15. The molecule has 0 saturated heterocycles. The maximum atomic E-state index is 13.0. The molecule has 0 aliphatic heterocycles. The molecule has 30 heavy (non-hydrogen) atoms. The zero-order valence-electron chi connectivity index (χ0n) is 15.9. The van der Waals surface area contributed by atoms with Gasteiger partial charge < -0.3 is 9.72 Å². The van der Waals surface area contributed by atoms with Gasteiger partial charge >= 0.3 is 0 Å². The molecular formula is C25H17FN2OS. The number of benzene rings is 3. The number of nitrogens with zero attached hydrogens (tertiary/aromatic N) is 1. The predicted octanol–water partition coefficient (Wildman–Crippen LogP) is 6.67. The molecule has 0 saturated carbocycles. The molecule has 3 nitrogen and oxygen atoms in total. The summed E-state index contributed by atoms with van der Waals surface area (Å²) in [6.45, 7) is 0.358. The standard InChI is InChI=1S/C25H17FN2OS/c26-20-10-6-17(7-11-20)16-29-21-12-8-19(9-13-21)24-14-22(18-4-2-1-3-5-18)23(15-27)25(30)28-24/h1-14H,16H2,(H,28,30). The van der Waals surface area contributed by atoms with Crippen molar-refractivity contribution in [1.82, 2.24) is 4.98 Å². The van der Waals surface area contributed by atoms with E-state index in [1.54, 1.807) is 12.1 Å². The van der Waals surface area contributed by atoms with Gasteiger partial charge in [0, 0.05) is 11.3 Å². The van der Waals surface area contributed by atoms with Crippen LogP contribution in [-0.4, -0.2) is 4.98 Å². The third-order valence-corrected chi connectivity index (χ3v) is 5.02. The molecule has 146 valence electrons. The van der Waals surface area contributed by atoms with Crippen molar-refractivity contribution in [3.63, 3.8) is 0 Å². The number of rotatable bonds is 5. The van der Waals surface area contributed by atoms with Gasteiger partial charge in [0.25, 0.3) is 0 Å². The monoisotopic (exact) mass is 412 g/mol. The van der Waals surface area contributed by atoms with E-state index in [1.165, 1.54) is 12.1 Å². The van der Waals surface area contributed by atoms with E-state index in [0.29, 0.717) is 22.6 Å². The van der Waals surface area contributed by atoms with Gasteiger partial charge in [-0.3, -0.25) is 0 Å². The summed E-state index contributed by atoms with van der Waals surface area (Å²) in [6, 6.07) is 27.7. The maximum Gasteiger partial charge on any atom is 0.123 e. The van der Waals surface area contributed by atoms with Crippen LogP contribution in [0.1, 0.15) is 11.1 Å². The van der Waals surface area contributed by atoms with Crippen molar-refractivity contribution in [2.45, 2.75) is 6.61 Å². The molecule has 3 aromatic carbocycles. The van der Waals surface area contributed by atoms with Gasteiger partial charge in [0.15, 0.2) is 0 Å². The van der Waals surface area contributed by atoms with Crippen molar-refractivity contribution < 1.29 is 9.13 Å². The van der Waals surface area contributed by atoms with Crippen LogP contribution in [0.3, 0.4) is 0 Å². The first kappa shape index (κ1) is 19.6. The second-order valence-corrected chi connectivity index (χ2v) is 7.13. The summed E-state index contributed by atoms with van der Waals surface area (Å²) in [6.07, 6.45) is 0. The van der Waals surface area contributed by atoms with E-state index in [0.717, 1.165) is 27.9 Å². The van der Waals surface area contributed by atoms with E-state index < -0.39 is 0 Å². The van der Waals surface area contributed by atoms with Gasteiger partial charge in [0.2, 0.25) is 0 Å². The highest BCUT2D eigenvalue weighted by Gasteiger charge is 2.10. The molecular weight excluding hydrogens is 395 g/mol. The average Bonchev–Trinajstić information content (AvgIpc) is 2.79. The van der Waals surface area contributed by atoms with Crippen LogP contribution in [0.25, 0.3) is 22.4 Å². The number of halogens is 1. The molecule has 0 aliphatic carbocycles. The van der Waals surface area contributed by atoms with E-state index in [-0.39, 0.29) is 5.82 Å². The molecule has 4 rings (SSSR count). The predicted molar refractivity (Wildman–Crippen MR) is 118 cm³/mol. The SMILES string of the molecule is N#Cc1c(-c2ccccc2)cc(-c2ccc(OCc3ccc(F)cc3)cc2)[nH]c1=S. The number of hydrogen-bond donors (Lipinski definition) is 1.